The molecule has 2 unspecified atom stereocenters. The summed E-state index contributed by atoms with van der Waals surface area (Å²) >= 11 is 4.41. The van der Waals surface area contributed by atoms with E-state index in [1.807, 2.05) is 35.2 Å². The van der Waals surface area contributed by atoms with Gasteiger partial charge in [0.1, 0.15) is 0 Å². The highest BCUT2D eigenvalue weighted by molar-refractivity contribution is 7.81. The van der Waals surface area contributed by atoms with Crippen LogP contribution in [0.4, 0.5) is 0 Å². The van der Waals surface area contributed by atoms with Crippen molar-refractivity contribution in [3.05, 3.63) is 35.9 Å². The summed E-state index contributed by atoms with van der Waals surface area (Å²) in [4.78, 5) is 13.9. The maximum absolute atomic E-state index is 12.1. The Labute approximate surface area is 107 Å². The summed E-state index contributed by atoms with van der Waals surface area (Å²) in [6.45, 7) is 1.44. The van der Waals surface area contributed by atoms with Gasteiger partial charge in [0.25, 0.3) is 0 Å². The van der Waals surface area contributed by atoms with Gasteiger partial charge in [0.2, 0.25) is 5.91 Å². The highest BCUT2D eigenvalue weighted by atomic mass is 32.1. The molecule has 0 saturated carbocycles. The molecule has 2 N–H and O–H groups in total. The SMILES string of the molecule is NC1CCN(C(=O)C(S)Cc2ccccc2)C1. The van der Waals surface area contributed by atoms with Crippen LogP contribution >= 0.6 is 12.6 Å². The van der Waals surface area contributed by atoms with Crippen molar-refractivity contribution in [3.8, 4) is 0 Å². The van der Waals surface area contributed by atoms with Crippen molar-refractivity contribution >= 4 is 18.5 Å². The van der Waals surface area contributed by atoms with Gasteiger partial charge in [-0.3, -0.25) is 4.79 Å². The summed E-state index contributed by atoms with van der Waals surface area (Å²) < 4.78 is 0. The van der Waals surface area contributed by atoms with Gasteiger partial charge in [0, 0.05) is 19.1 Å². The topological polar surface area (TPSA) is 46.3 Å². The molecule has 17 heavy (non-hydrogen) atoms. The molecule has 0 radical (unpaired) electrons. The second-order valence-corrected chi connectivity index (χ2v) is 5.16. The number of hydrogen-bond acceptors (Lipinski definition) is 3. The van der Waals surface area contributed by atoms with Gasteiger partial charge >= 0.3 is 0 Å². The van der Waals surface area contributed by atoms with Crippen LogP contribution in [0.5, 0.6) is 0 Å². The first-order chi connectivity index (χ1) is 8.16. The van der Waals surface area contributed by atoms with E-state index in [9.17, 15) is 4.79 Å². The molecule has 1 aliphatic rings. The molecule has 1 aromatic rings. The molecule has 1 heterocycles. The number of carbonyl (C=O) groups excluding carboxylic acids is 1. The third kappa shape index (κ3) is 3.23. The Kier molecular flexibility index (Phi) is 4.07. The normalized spacial score (nSPS) is 21.5. The van der Waals surface area contributed by atoms with E-state index in [1.54, 1.807) is 0 Å². The van der Waals surface area contributed by atoms with E-state index < -0.39 is 0 Å². The summed E-state index contributed by atoms with van der Waals surface area (Å²) in [6, 6.07) is 10.1. The minimum absolute atomic E-state index is 0.102. The number of thiol groups is 1. The molecular weight excluding hydrogens is 232 g/mol. The third-order valence-corrected chi connectivity index (χ3v) is 3.50. The van der Waals surface area contributed by atoms with Crippen molar-refractivity contribution in [2.24, 2.45) is 5.73 Å². The molecule has 3 nitrogen and oxygen atoms in total. The van der Waals surface area contributed by atoms with E-state index in [0.717, 1.165) is 18.5 Å². The van der Waals surface area contributed by atoms with Crippen LogP contribution in [0.1, 0.15) is 12.0 Å². The summed E-state index contributed by atoms with van der Waals surface area (Å²) in [6.07, 6.45) is 1.58. The Bertz CT molecular complexity index is 382. The maximum atomic E-state index is 12.1. The van der Waals surface area contributed by atoms with E-state index in [2.05, 4.69) is 12.6 Å². The molecule has 0 bridgehead atoms. The highest BCUT2D eigenvalue weighted by Gasteiger charge is 2.27. The number of nitrogens with two attached hydrogens (primary N) is 1. The van der Waals surface area contributed by atoms with Crippen LogP contribution in [0, 0.1) is 0 Å². The second kappa shape index (κ2) is 5.56. The molecule has 1 fully saturated rings. The summed E-state index contributed by atoms with van der Waals surface area (Å²) in [5.74, 6) is 0.102. The average molecular weight is 250 g/mol. The molecular formula is C13H18N2OS. The van der Waals surface area contributed by atoms with E-state index in [-0.39, 0.29) is 17.2 Å². The first-order valence-corrected chi connectivity index (χ1v) is 6.45. The number of nitrogens with zero attached hydrogens (tertiary/aromatic N) is 1. The second-order valence-electron chi connectivity index (χ2n) is 4.54. The van der Waals surface area contributed by atoms with Gasteiger partial charge in [-0.15, -0.1) is 0 Å². The fraction of sp³-hybridized carbons (Fsp3) is 0.462. The molecule has 1 amide bonds. The van der Waals surface area contributed by atoms with Gasteiger partial charge < -0.3 is 10.6 Å². The maximum Gasteiger partial charge on any atom is 0.235 e. The largest absolute Gasteiger partial charge is 0.340 e. The molecule has 4 heteroatoms. The van der Waals surface area contributed by atoms with Gasteiger partial charge in [-0.05, 0) is 18.4 Å². The van der Waals surface area contributed by atoms with Gasteiger partial charge in [0.05, 0.1) is 5.25 Å². The molecule has 92 valence electrons. The number of hydrogen-bond donors (Lipinski definition) is 2. The molecule has 0 aromatic heterocycles. The monoisotopic (exact) mass is 250 g/mol. The number of likely N-dealkylation sites (tertiary alicyclic amines) is 1. The van der Waals surface area contributed by atoms with Crippen LogP contribution in [0.3, 0.4) is 0 Å². The molecule has 1 aliphatic heterocycles. The van der Waals surface area contributed by atoms with Crippen LogP contribution in [-0.2, 0) is 11.2 Å². The van der Waals surface area contributed by atoms with Crippen molar-refractivity contribution in [1.29, 1.82) is 0 Å². The Balaban J connectivity index is 1.92. The molecule has 2 rings (SSSR count). The Morgan fingerprint density at radius 3 is 2.76 bits per heavy atom. The highest BCUT2D eigenvalue weighted by Crippen LogP contribution is 2.14. The van der Waals surface area contributed by atoms with Crippen molar-refractivity contribution in [2.45, 2.75) is 24.1 Å². The fourth-order valence-electron chi connectivity index (χ4n) is 2.12. The van der Waals surface area contributed by atoms with Crippen LogP contribution in [0.15, 0.2) is 30.3 Å². The zero-order valence-corrected chi connectivity index (χ0v) is 10.6. The Hall–Kier alpha value is -1.00. The molecule has 0 aliphatic carbocycles. The van der Waals surface area contributed by atoms with E-state index >= 15 is 0 Å². The summed E-state index contributed by atoms with van der Waals surface area (Å²) in [5.41, 5.74) is 6.94. The summed E-state index contributed by atoms with van der Waals surface area (Å²) in [7, 11) is 0. The lowest BCUT2D eigenvalue weighted by molar-refractivity contribution is -0.129. The Morgan fingerprint density at radius 1 is 1.47 bits per heavy atom. The first-order valence-electron chi connectivity index (χ1n) is 5.93. The third-order valence-electron chi connectivity index (χ3n) is 3.09. The van der Waals surface area contributed by atoms with Crippen molar-refractivity contribution in [3.63, 3.8) is 0 Å². The number of carbonyl (C=O) groups is 1. The van der Waals surface area contributed by atoms with E-state index in [4.69, 9.17) is 5.73 Å². The lowest BCUT2D eigenvalue weighted by Gasteiger charge is -2.20. The molecule has 1 saturated heterocycles. The fourth-order valence-corrected chi connectivity index (χ4v) is 2.50. The van der Waals surface area contributed by atoms with E-state index in [0.29, 0.717) is 13.0 Å². The van der Waals surface area contributed by atoms with Crippen LogP contribution < -0.4 is 5.73 Å². The minimum Gasteiger partial charge on any atom is -0.340 e. The molecule has 2 atom stereocenters. The van der Waals surface area contributed by atoms with Gasteiger partial charge in [-0.25, -0.2) is 0 Å². The smallest absolute Gasteiger partial charge is 0.235 e. The number of amides is 1. The van der Waals surface area contributed by atoms with Crippen molar-refractivity contribution in [2.75, 3.05) is 13.1 Å². The van der Waals surface area contributed by atoms with E-state index in [1.165, 1.54) is 0 Å². The zero-order chi connectivity index (χ0) is 12.3. The zero-order valence-electron chi connectivity index (χ0n) is 9.75. The number of benzene rings is 1. The minimum atomic E-state index is -0.261. The van der Waals surface area contributed by atoms with Crippen molar-refractivity contribution < 1.29 is 4.79 Å². The molecule has 1 aromatic carbocycles. The van der Waals surface area contributed by atoms with Crippen LogP contribution in [0.2, 0.25) is 0 Å². The summed E-state index contributed by atoms with van der Waals surface area (Å²) in [5, 5.41) is -0.261. The standard InChI is InChI=1S/C13H18N2OS/c14-11-6-7-15(9-11)13(16)12(17)8-10-4-2-1-3-5-10/h1-5,11-12,17H,6-9,14H2. The average Bonchev–Trinajstić information content (AvgIpc) is 2.76. The lowest BCUT2D eigenvalue weighted by atomic mass is 10.1. The lowest BCUT2D eigenvalue weighted by Crippen LogP contribution is -2.37. The first kappa shape index (κ1) is 12.5. The quantitative estimate of drug-likeness (QED) is 0.789. The van der Waals surface area contributed by atoms with Crippen LogP contribution in [-0.4, -0.2) is 35.2 Å². The van der Waals surface area contributed by atoms with Crippen LogP contribution in [0.25, 0.3) is 0 Å². The predicted octanol–water partition coefficient (Wildman–Crippen LogP) is 1.09. The Morgan fingerprint density at radius 2 is 2.18 bits per heavy atom. The molecule has 0 spiro atoms. The van der Waals surface area contributed by atoms with Gasteiger partial charge in [-0.2, -0.15) is 12.6 Å². The predicted molar refractivity (Wildman–Crippen MR) is 72.1 cm³/mol. The van der Waals surface area contributed by atoms with Gasteiger partial charge in [0.15, 0.2) is 0 Å². The van der Waals surface area contributed by atoms with Gasteiger partial charge in [-0.1, -0.05) is 30.3 Å². The van der Waals surface area contributed by atoms with Crippen molar-refractivity contribution in [1.82, 2.24) is 4.90 Å². The number of rotatable bonds is 3.